The van der Waals surface area contributed by atoms with Crippen molar-refractivity contribution in [2.24, 2.45) is 0 Å². The average Bonchev–Trinajstić information content (AvgIpc) is 2.26. The molecule has 4 heteroatoms. The number of methoxy groups -OCH3 is 1. The molecule has 16 heavy (non-hydrogen) atoms. The van der Waals surface area contributed by atoms with E-state index in [-0.39, 0.29) is 18.6 Å². The van der Waals surface area contributed by atoms with E-state index in [1.807, 2.05) is 26.0 Å². The van der Waals surface area contributed by atoms with E-state index >= 15 is 0 Å². The van der Waals surface area contributed by atoms with Crippen LogP contribution in [-0.4, -0.2) is 25.7 Å². The number of benzene rings is 1. The molecule has 1 amide bonds. The van der Waals surface area contributed by atoms with Gasteiger partial charge in [-0.3, -0.25) is 4.79 Å². The van der Waals surface area contributed by atoms with Crippen molar-refractivity contribution in [2.75, 3.05) is 13.7 Å². The highest BCUT2D eigenvalue weighted by atomic mass is 16.5. The molecule has 0 spiro atoms. The first-order valence-electron chi connectivity index (χ1n) is 5.18. The lowest BCUT2D eigenvalue weighted by Crippen LogP contribution is -2.34. The molecule has 1 rings (SSSR count). The monoisotopic (exact) mass is 223 g/mol. The number of hydrogen-bond donors (Lipinski definition) is 1. The quantitative estimate of drug-likeness (QED) is 0.824. The Morgan fingerprint density at radius 1 is 1.38 bits per heavy atom. The summed E-state index contributed by atoms with van der Waals surface area (Å²) in [6.07, 6.45) is 0. The fraction of sp³-hybridized carbons (Fsp3) is 0.417. The lowest BCUT2D eigenvalue weighted by molar-refractivity contribution is -0.123. The fourth-order valence-electron chi connectivity index (χ4n) is 1.20. The van der Waals surface area contributed by atoms with Crippen molar-refractivity contribution < 1.29 is 14.3 Å². The second-order valence-electron chi connectivity index (χ2n) is 3.69. The number of amides is 1. The molecule has 0 aliphatic carbocycles. The largest absolute Gasteiger partial charge is 0.497 e. The van der Waals surface area contributed by atoms with Crippen molar-refractivity contribution in [1.29, 1.82) is 0 Å². The van der Waals surface area contributed by atoms with Crippen LogP contribution >= 0.6 is 0 Å². The van der Waals surface area contributed by atoms with Crippen LogP contribution in [0.15, 0.2) is 24.3 Å². The standard InChI is InChI=1S/C12H17NO3/c1-9(2)13-12(14)8-16-11-6-4-5-10(7-11)15-3/h4-7,9H,8H2,1-3H3,(H,13,14). The van der Waals surface area contributed by atoms with Gasteiger partial charge >= 0.3 is 0 Å². The molecular weight excluding hydrogens is 206 g/mol. The van der Waals surface area contributed by atoms with E-state index in [1.165, 1.54) is 0 Å². The summed E-state index contributed by atoms with van der Waals surface area (Å²) < 4.78 is 10.4. The highest BCUT2D eigenvalue weighted by Crippen LogP contribution is 2.18. The van der Waals surface area contributed by atoms with Crippen molar-refractivity contribution >= 4 is 5.91 Å². The van der Waals surface area contributed by atoms with Gasteiger partial charge in [0.1, 0.15) is 11.5 Å². The molecule has 0 saturated heterocycles. The van der Waals surface area contributed by atoms with Gasteiger partial charge in [0.15, 0.2) is 6.61 Å². The van der Waals surface area contributed by atoms with E-state index in [9.17, 15) is 4.79 Å². The molecule has 0 aromatic heterocycles. The molecule has 0 heterocycles. The van der Waals surface area contributed by atoms with Gasteiger partial charge in [0.2, 0.25) is 0 Å². The first kappa shape index (κ1) is 12.4. The average molecular weight is 223 g/mol. The molecule has 0 radical (unpaired) electrons. The fourth-order valence-corrected chi connectivity index (χ4v) is 1.20. The van der Waals surface area contributed by atoms with Crippen LogP contribution in [0.1, 0.15) is 13.8 Å². The van der Waals surface area contributed by atoms with Crippen LogP contribution in [0.4, 0.5) is 0 Å². The summed E-state index contributed by atoms with van der Waals surface area (Å²) >= 11 is 0. The summed E-state index contributed by atoms with van der Waals surface area (Å²) in [4.78, 5) is 11.3. The van der Waals surface area contributed by atoms with Crippen molar-refractivity contribution in [3.63, 3.8) is 0 Å². The zero-order valence-electron chi connectivity index (χ0n) is 9.82. The van der Waals surface area contributed by atoms with Gasteiger partial charge < -0.3 is 14.8 Å². The van der Waals surface area contributed by atoms with E-state index in [0.717, 1.165) is 0 Å². The van der Waals surface area contributed by atoms with Crippen LogP contribution in [0.3, 0.4) is 0 Å². The van der Waals surface area contributed by atoms with Crippen molar-refractivity contribution in [2.45, 2.75) is 19.9 Å². The molecule has 0 aliphatic rings. The maximum absolute atomic E-state index is 11.3. The number of carbonyl (C=O) groups excluding carboxylic acids is 1. The number of carbonyl (C=O) groups is 1. The van der Waals surface area contributed by atoms with Crippen LogP contribution in [0.5, 0.6) is 11.5 Å². The van der Waals surface area contributed by atoms with E-state index < -0.39 is 0 Å². The van der Waals surface area contributed by atoms with E-state index in [4.69, 9.17) is 9.47 Å². The highest BCUT2D eigenvalue weighted by molar-refractivity contribution is 5.77. The van der Waals surface area contributed by atoms with Gasteiger partial charge in [-0.2, -0.15) is 0 Å². The van der Waals surface area contributed by atoms with Gasteiger partial charge in [0.05, 0.1) is 7.11 Å². The highest BCUT2D eigenvalue weighted by Gasteiger charge is 2.04. The SMILES string of the molecule is COc1cccc(OCC(=O)NC(C)C)c1. The predicted molar refractivity (Wildman–Crippen MR) is 61.8 cm³/mol. The molecule has 1 N–H and O–H groups in total. The zero-order valence-corrected chi connectivity index (χ0v) is 9.82. The third kappa shape index (κ3) is 4.21. The molecule has 88 valence electrons. The minimum absolute atomic E-state index is 0.0192. The van der Waals surface area contributed by atoms with Crippen LogP contribution in [0.25, 0.3) is 0 Å². The third-order valence-corrected chi connectivity index (χ3v) is 1.86. The Morgan fingerprint density at radius 3 is 2.69 bits per heavy atom. The summed E-state index contributed by atoms with van der Waals surface area (Å²) in [5.41, 5.74) is 0. The van der Waals surface area contributed by atoms with Crippen molar-refractivity contribution in [1.82, 2.24) is 5.32 Å². The Morgan fingerprint density at radius 2 is 2.06 bits per heavy atom. The second kappa shape index (κ2) is 6.00. The minimum Gasteiger partial charge on any atom is -0.497 e. The maximum Gasteiger partial charge on any atom is 0.258 e. The lowest BCUT2D eigenvalue weighted by Gasteiger charge is -2.10. The number of rotatable bonds is 5. The normalized spacial score (nSPS) is 10.0. The van der Waals surface area contributed by atoms with E-state index in [0.29, 0.717) is 11.5 Å². The van der Waals surface area contributed by atoms with Crippen LogP contribution in [0, 0.1) is 0 Å². The summed E-state index contributed by atoms with van der Waals surface area (Å²) in [7, 11) is 1.59. The summed E-state index contributed by atoms with van der Waals surface area (Å²) in [5, 5.41) is 2.75. The Labute approximate surface area is 95.6 Å². The molecule has 0 fully saturated rings. The van der Waals surface area contributed by atoms with Gasteiger partial charge in [-0.25, -0.2) is 0 Å². The Kier molecular flexibility index (Phi) is 4.64. The van der Waals surface area contributed by atoms with Crippen LogP contribution in [0.2, 0.25) is 0 Å². The minimum atomic E-state index is -0.127. The molecule has 1 aromatic rings. The summed E-state index contributed by atoms with van der Waals surface area (Å²) in [6, 6.07) is 7.28. The Bertz CT molecular complexity index is 350. The second-order valence-corrected chi connectivity index (χ2v) is 3.69. The Hall–Kier alpha value is -1.71. The topological polar surface area (TPSA) is 47.6 Å². The maximum atomic E-state index is 11.3. The van der Waals surface area contributed by atoms with Crippen molar-refractivity contribution in [3.8, 4) is 11.5 Å². The van der Waals surface area contributed by atoms with Crippen LogP contribution < -0.4 is 14.8 Å². The lowest BCUT2D eigenvalue weighted by atomic mass is 10.3. The van der Waals surface area contributed by atoms with Gasteiger partial charge in [-0.15, -0.1) is 0 Å². The molecule has 1 aromatic carbocycles. The zero-order chi connectivity index (χ0) is 12.0. The number of hydrogen-bond acceptors (Lipinski definition) is 3. The molecule has 0 saturated carbocycles. The van der Waals surface area contributed by atoms with Crippen LogP contribution in [-0.2, 0) is 4.79 Å². The molecule has 0 aliphatic heterocycles. The first-order valence-corrected chi connectivity index (χ1v) is 5.18. The van der Waals surface area contributed by atoms with Gasteiger partial charge in [-0.1, -0.05) is 6.07 Å². The molecule has 0 atom stereocenters. The van der Waals surface area contributed by atoms with Gasteiger partial charge in [-0.05, 0) is 26.0 Å². The number of nitrogens with one attached hydrogen (secondary N) is 1. The van der Waals surface area contributed by atoms with Gasteiger partial charge in [0.25, 0.3) is 5.91 Å². The molecule has 0 unspecified atom stereocenters. The summed E-state index contributed by atoms with van der Waals surface area (Å²) in [5.74, 6) is 1.21. The predicted octanol–water partition coefficient (Wildman–Crippen LogP) is 1.60. The third-order valence-electron chi connectivity index (χ3n) is 1.86. The molecular formula is C12H17NO3. The number of ether oxygens (including phenoxy) is 2. The van der Waals surface area contributed by atoms with Crippen molar-refractivity contribution in [3.05, 3.63) is 24.3 Å². The molecule has 0 bridgehead atoms. The smallest absolute Gasteiger partial charge is 0.258 e. The van der Waals surface area contributed by atoms with Gasteiger partial charge in [0, 0.05) is 12.1 Å². The van der Waals surface area contributed by atoms with E-state index in [2.05, 4.69) is 5.32 Å². The van der Waals surface area contributed by atoms with E-state index in [1.54, 1.807) is 19.2 Å². The first-order chi connectivity index (χ1) is 7.61. The Balaban J connectivity index is 2.45. The summed E-state index contributed by atoms with van der Waals surface area (Å²) in [6.45, 7) is 3.83. The molecule has 4 nitrogen and oxygen atoms in total.